The smallest absolute Gasteiger partial charge is 0.266 e. The van der Waals surface area contributed by atoms with E-state index in [4.69, 9.17) is 0 Å². The fraction of sp³-hybridized carbons (Fsp3) is 0.267. The maximum atomic E-state index is 12.4. The van der Waals surface area contributed by atoms with Crippen LogP contribution in [0, 0.1) is 0 Å². The lowest BCUT2D eigenvalue weighted by atomic mass is 10.3. The number of carbonyl (C=O) groups is 1. The molecule has 3 heterocycles. The summed E-state index contributed by atoms with van der Waals surface area (Å²) in [5, 5.41) is 7.19. The molecule has 3 aromatic heterocycles. The molecule has 3 aromatic rings. The van der Waals surface area contributed by atoms with Crippen LogP contribution >= 0.6 is 11.3 Å². The number of rotatable bonds is 5. The van der Waals surface area contributed by atoms with Crippen LogP contribution in [0.4, 0.5) is 5.82 Å². The summed E-state index contributed by atoms with van der Waals surface area (Å²) >= 11 is 1.41. The first-order valence-corrected chi connectivity index (χ1v) is 7.95. The van der Waals surface area contributed by atoms with Gasteiger partial charge in [0.2, 0.25) is 0 Å². The number of H-pyrrole nitrogens is 1. The average molecular weight is 315 g/mol. The Morgan fingerprint density at radius 1 is 1.41 bits per heavy atom. The number of nitrogens with zero attached hydrogens (tertiary/aromatic N) is 3. The van der Waals surface area contributed by atoms with E-state index in [0.29, 0.717) is 10.7 Å². The van der Waals surface area contributed by atoms with Crippen LogP contribution in [0.3, 0.4) is 0 Å². The monoisotopic (exact) mass is 315 g/mol. The molecule has 0 radical (unpaired) electrons. The largest absolute Gasteiger partial charge is 0.344 e. The van der Waals surface area contributed by atoms with Crippen LogP contribution in [0.2, 0.25) is 0 Å². The highest BCUT2D eigenvalue weighted by Gasteiger charge is 2.15. The molecule has 0 saturated carbocycles. The number of thiophene rings is 1. The van der Waals surface area contributed by atoms with Gasteiger partial charge >= 0.3 is 0 Å². The lowest BCUT2D eigenvalue weighted by Crippen LogP contribution is -2.16. The first kappa shape index (κ1) is 14.5. The minimum absolute atomic E-state index is 0.132. The molecule has 1 amide bonds. The van der Waals surface area contributed by atoms with Gasteiger partial charge < -0.3 is 10.3 Å². The minimum atomic E-state index is -0.132. The third-order valence-corrected chi connectivity index (χ3v) is 4.57. The molecule has 1 atom stereocenters. The van der Waals surface area contributed by atoms with Crippen LogP contribution in [0.25, 0.3) is 10.7 Å². The van der Waals surface area contributed by atoms with Gasteiger partial charge in [0.15, 0.2) is 0 Å². The standard InChI is InChI=1S/C15H17N5OS/c1-3-10(2)20-13(6-7-18-20)19-15(21)12-5-4-11(22-12)14-16-8-9-17-14/h4-10H,3H2,1-2H3,(H,16,17)(H,19,21)/t10-/m1/s1. The van der Waals surface area contributed by atoms with E-state index >= 15 is 0 Å². The van der Waals surface area contributed by atoms with Gasteiger partial charge in [-0.3, -0.25) is 4.79 Å². The number of anilines is 1. The van der Waals surface area contributed by atoms with Crippen molar-refractivity contribution in [3.63, 3.8) is 0 Å². The lowest BCUT2D eigenvalue weighted by molar-refractivity contribution is 0.102. The topological polar surface area (TPSA) is 75.6 Å². The van der Waals surface area contributed by atoms with Crippen molar-refractivity contribution in [3.05, 3.63) is 41.7 Å². The molecule has 114 valence electrons. The predicted octanol–water partition coefficient (Wildman–Crippen LogP) is 3.56. The van der Waals surface area contributed by atoms with Crippen LogP contribution in [-0.2, 0) is 0 Å². The third-order valence-electron chi connectivity index (χ3n) is 3.48. The highest BCUT2D eigenvalue weighted by Crippen LogP contribution is 2.26. The number of aromatic amines is 1. The van der Waals surface area contributed by atoms with E-state index in [1.807, 2.05) is 22.9 Å². The predicted molar refractivity (Wildman–Crippen MR) is 87.1 cm³/mol. The van der Waals surface area contributed by atoms with Gasteiger partial charge in [-0.25, -0.2) is 9.67 Å². The van der Waals surface area contributed by atoms with E-state index in [-0.39, 0.29) is 11.9 Å². The molecule has 0 spiro atoms. The van der Waals surface area contributed by atoms with E-state index in [9.17, 15) is 4.79 Å². The SMILES string of the molecule is CC[C@@H](C)n1nccc1NC(=O)c1ccc(-c2ncc[nH]2)s1. The second-order valence-electron chi connectivity index (χ2n) is 4.97. The number of aromatic nitrogens is 4. The summed E-state index contributed by atoms with van der Waals surface area (Å²) in [6.07, 6.45) is 6.11. The first-order valence-electron chi connectivity index (χ1n) is 7.13. The lowest BCUT2D eigenvalue weighted by Gasteiger charge is -2.13. The van der Waals surface area contributed by atoms with E-state index in [0.717, 1.165) is 17.1 Å². The number of carbonyl (C=O) groups excluding carboxylic acids is 1. The van der Waals surface area contributed by atoms with Crippen molar-refractivity contribution < 1.29 is 4.79 Å². The van der Waals surface area contributed by atoms with Gasteiger partial charge in [0, 0.05) is 18.5 Å². The van der Waals surface area contributed by atoms with Crippen molar-refractivity contribution in [2.24, 2.45) is 0 Å². The molecule has 22 heavy (non-hydrogen) atoms. The normalized spacial score (nSPS) is 12.3. The molecule has 7 heteroatoms. The second kappa shape index (κ2) is 6.15. The maximum absolute atomic E-state index is 12.4. The minimum Gasteiger partial charge on any atom is -0.344 e. The van der Waals surface area contributed by atoms with Crippen LogP contribution in [0.1, 0.15) is 36.0 Å². The van der Waals surface area contributed by atoms with E-state index in [2.05, 4.69) is 34.2 Å². The fourth-order valence-corrected chi connectivity index (χ4v) is 2.96. The molecule has 0 aliphatic carbocycles. The Hall–Kier alpha value is -2.41. The van der Waals surface area contributed by atoms with Crippen LogP contribution in [0.5, 0.6) is 0 Å². The number of hydrogen-bond acceptors (Lipinski definition) is 4. The Labute approximate surface area is 132 Å². The number of nitrogens with one attached hydrogen (secondary N) is 2. The molecule has 0 bridgehead atoms. The second-order valence-corrected chi connectivity index (χ2v) is 6.06. The Balaban J connectivity index is 1.77. The van der Waals surface area contributed by atoms with Gasteiger partial charge in [-0.05, 0) is 25.5 Å². The van der Waals surface area contributed by atoms with Crippen LogP contribution in [0.15, 0.2) is 36.8 Å². The van der Waals surface area contributed by atoms with Crippen molar-refractivity contribution >= 4 is 23.1 Å². The molecule has 2 N–H and O–H groups in total. The number of hydrogen-bond donors (Lipinski definition) is 2. The van der Waals surface area contributed by atoms with E-state index < -0.39 is 0 Å². The third kappa shape index (κ3) is 2.80. The molecular weight excluding hydrogens is 298 g/mol. The van der Waals surface area contributed by atoms with Crippen LogP contribution in [-0.4, -0.2) is 25.7 Å². The zero-order valence-corrected chi connectivity index (χ0v) is 13.2. The van der Waals surface area contributed by atoms with Crippen molar-refractivity contribution in [2.75, 3.05) is 5.32 Å². The summed E-state index contributed by atoms with van der Waals surface area (Å²) < 4.78 is 1.83. The van der Waals surface area contributed by atoms with Crippen molar-refractivity contribution in [3.8, 4) is 10.7 Å². The zero-order chi connectivity index (χ0) is 15.5. The highest BCUT2D eigenvalue weighted by molar-refractivity contribution is 7.17. The molecule has 0 aliphatic heterocycles. The molecule has 0 aromatic carbocycles. The quantitative estimate of drug-likeness (QED) is 0.756. The molecule has 0 aliphatic rings. The zero-order valence-electron chi connectivity index (χ0n) is 12.4. The van der Waals surface area contributed by atoms with Gasteiger partial charge in [0.1, 0.15) is 11.6 Å². The Morgan fingerprint density at radius 3 is 3.00 bits per heavy atom. The molecule has 0 saturated heterocycles. The molecule has 0 fully saturated rings. The highest BCUT2D eigenvalue weighted by atomic mass is 32.1. The first-order chi connectivity index (χ1) is 10.7. The van der Waals surface area contributed by atoms with Gasteiger partial charge in [0.05, 0.1) is 22.0 Å². The average Bonchev–Trinajstić information content (AvgIpc) is 3.25. The van der Waals surface area contributed by atoms with Crippen molar-refractivity contribution in [2.45, 2.75) is 26.3 Å². The molecular formula is C15H17N5OS. The summed E-state index contributed by atoms with van der Waals surface area (Å²) in [6.45, 7) is 4.16. The fourth-order valence-electron chi connectivity index (χ4n) is 2.10. The summed E-state index contributed by atoms with van der Waals surface area (Å²) in [4.78, 5) is 21.2. The Bertz CT molecular complexity index is 759. The van der Waals surface area contributed by atoms with E-state index in [1.165, 1.54) is 11.3 Å². The summed E-state index contributed by atoms with van der Waals surface area (Å²) in [5.74, 6) is 1.36. The molecule has 3 rings (SSSR count). The van der Waals surface area contributed by atoms with Crippen LogP contribution < -0.4 is 5.32 Å². The Morgan fingerprint density at radius 2 is 2.27 bits per heavy atom. The maximum Gasteiger partial charge on any atom is 0.266 e. The van der Waals surface area contributed by atoms with Crippen molar-refractivity contribution in [1.82, 2.24) is 19.7 Å². The number of amides is 1. The van der Waals surface area contributed by atoms with Gasteiger partial charge in [-0.15, -0.1) is 11.3 Å². The van der Waals surface area contributed by atoms with Gasteiger partial charge in [-0.2, -0.15) is 5.10 Å². The number of imidazole rings is 1. The summed E-state index contributed by atoms with van der Waals surface area (Å²) in [7, 11) is 0. The molecule has 6 nitrogen and oxygen atoms in total. The van der Waals surface area contributed by atoms with Gasteiger partial charge in [0.25, 0.3) is 5.91 Å². The Kier molecular flexibility index (Phi) is 4.06. The summed E-state index contributed by atoms with van der Waals surface area (Å²) in [6, 6.07) is 5.75. The van der Waals surface area contributed by atoms with Gasteiger partial charge in [-0.1, -0.05) is 6.92 Å². The summed E-state index contributed by atoms with van der Waals surface area (Å²) in [5.41, 5.74) is 0. The molecule has 0 unspecified atom stereocenters. The van der Waals surface area contributed by atoms with Crippen molar-refractivity contribution in [1.29, 1.82) is 0 Å². The van der Waals surface area contributed by atoms with E-state index in [1.54, 1.807) is 18.6 Å².